The van der Waals surface area contributed by atoms with Crippen LogP contribution in [0.1, 0.15) is 32.3 Å². The van der Waals surface area contributed by atoms with Gasteiger partial charge in [-0.15, -0.1) is 11.7 Å². The summed E-state index contributed by atoms with van der Waals surface area (Å²) in [7, 11) is 1.53. The molecule has 0 aliphatic heterocycles. The lowest BCUT2D eigenvalue weighted by Crippen LogP contribution is -2.08. The lowest BCUT2D eigenvalue weighted by atomic mass is 10.00. The van der Waals surface area contributed by atoms with Gasteiger partial charge in [0.25, 0.3) is 0 Å². The second-order valence-corrected chi connectivity index (χ2v) is 7.46. The van der Waals surface area contributed by atoms with Crippen LogP contribution in [0.15, 0.2) is 78.9 Å². The minimum atomic E-state index is -0.349. The molecule has 0 N–H and O–H groups in total. The van der Waals surface area contributed by atoms with Crippen molar-refractivity contribution in [1.29, 1.82) is 0 Å². The molecule has 2 nitrogen and oxygen atoms in total. The molecule has 1 atom stereocenters. The van der Waals surface area contributed by atoms with Gasteiger partial charge in [0.05, 0.1) is 5.56 Å². The van der Waals surface area contributed by atoms with Crippen LogP contribution in [0.2, 0.25) is 0 Å². The van der Waals surface area contributed by atoms with Gasteiger partial charge in [-0.1, -0.05) is 65.4 Å². The van der Waals surface area contributed by atoms with Gasteiger partial charge in [-0.2, -0.15) is 0 Å². The van der Waals surface area contributed by atoms with Crippen molar-refractivity contribution in [3.05, 3.63) is 101 Å². The van der Waals surface area contributed by atoms with E-state index in [0.717, 1.165) is 12.0 Å². The summed E-state index contributed by atoms with van der Waals surface area (Å²) in [5.41, 5.74) is 4.31. The van der Waals surface area contributed by atoms with Gasteiger partial charge >= 0.3 is 5.97 Å². The number of hydrogen-bond acceptors (Lipinski definition) is 4. The molecule has 0 aromatic heterocycles. The molecule has 3 aromatic carbocycles. The number of esters is 1. The van der Waals surface area contributed by atoms with E-state index in [1.807, 2.05) is 42.5 Å². The van der Waals surface area contributed by atoms with E-state index < -0.39 is 0 Å². The number of aryl methyl sites for hydroxylation is 1. The van der Waals surface area contributed by atoms with Crippen LogP contribution in [0.25, 0.3) is 0 Å². The van der Waals surface area contributed by atoms with Crippen molar-refractivity contribution < 1.29 is 9.53 Å². The van der Waals surface area contributed by atoms with Gasteiger partial charge in [-0.05, 0) is 54.3 Å². The fraction of sp³-hybridized carbons (Fsp3) is 0.136. The highest BCUT2D eigenvalue weighted by Gasteiger charge is 2.14. The van der Waals surface area contributed by atoms with Crippen molar-refractivity contribution in [1.82, 2.24) is 0 Å². The third-order valence-electron chi connectivity index (χ3n) is 4.27. The van der Waals surface area contributed by atoms with Gasteiger partial charge in [0.1, 0.15) is 5.75 Å². The Morgan fingerprint density at radius 1 is 0.962 bits per heavy atom. The topological polar surface area (TPSA) is 26.3 Å². The molecule has 3 aromatic rings. The molecule has 26 heavy (non-hydrogen) atoms. The monoisotopic (exact) mass is 380 g/mol. The van der Waals surface area contributed by atoms with Crippen LogP contribution in [-0.4, -0.2) is 5.97 Å². The largest absolute Gasteiger partial charge is 0.423 e. The number of ether oxygens (including phenoxy) is 1. The first-order valence-electron chi connectivity index (χ1n) is 8.39. The molecule has 0 amide bonds. The van der Waals surface area contributed by atoms with E-state index in [9.17, 15) is 4.79 Å². The van der Waals surface area contributed by atoms with Gasteiger partial charge in [0.2, 0.25) is 0 Å². The minimum Gasteiger partial charge on any atom is -0.423 e. The maximum absolute atomic E-state index is 12.1. The summed E-state index contributed by atoms with van der Waals surface area (Å²) in [5, 5.41) is 0.235. The molecule has 0 bridgehead atoms. The summed E-state index contributed by atoms with van der Waals surface area (Å²) in [6, 6.07) is 25.1. The van der Waals surface area contributed by atoms with Crippen LogP contribution >= 0.6 is 22.5 Å². The Bertz CT molecular complexity index is 861. The zero-order chi connectivity index (χ0) is 18.4. The molecular formula is C22H20O2S2. The van der Waals surface area contributed by atoms with Gasteiger partial charge in [0, 0.05) is 5.25 Å². The summed E-state index contributed by atoms with van der Waals surface area (Å²) >= 11 is 4.45. The first-order valence-corrected chi connectivity index (χ1v) is 10.3. The molecule has 0 saturated carbocycles. The van der Waals surface area contributed by atoms with E-state index in [2.05, 4.69) is 42.9 Å². The molecule has 0 radical (unpaired) electrons. The van der Waals surface area contributed by atoms with E-state index in [-0.39, 0.29) is 11.2 Å². The number of thiol groups is 1. The fourth-order valence-corrected chi connectivity index (χ4v) is 3.87. The van der Waals surface area contributed by atoms with E-state index in [1.54, 1.807) is 12.1 Å². The van der Waals surface area contributed by atoms with Crippen molar-refractivity contribution in [2.75, 3.05) is 0 Å². The van der Waals surface area contributed by atoms with Crippen LogP contribution in [0.4, 0.5) is 0 Å². The van der Waals surface area contributed by atoms with Crippen LogP contribution in [0.3, 0.4) is 0 Å². The van der Waals surface area contributed by atoms with Gasteiger partial charge in [-0.3, -0.25) is 0 Å². The Hall–Kier alpha value is -2.17. The van der Waals surface area contributed by atoms with Gasteiger partial charge in [0.15, 0.2) is 0 Å². The lowest BCUT2D eigenvalue weighted by Gasteiger charge is -2.16. The number of hydrogen-bond donors (Lipinski definition) is 1. The maximum atomic E-state index is 12.1. The third kappa shape index (κ3) is 4.71. The summed E-state index contributed by atoms with van der Waals surface area (Å²) in [6.07, 6.45) is 0.907. The number of rotatable bonds is 6. The summed E-state index contributed by atoms with van der Waals surface area (Å²) in [5.74, 6) is 0.194. The average molecular weight is 381 g/mol. The molecule has 4 heteroatoms. The normalized spacial score (nSPS) is 11.8. The van der Waals surface area contributed by atoms with Crippen molar-refractivity contribution >= 4 is 28.4 Å². The quantitative estimate of drug-likeness (QED) is 0.243. The maximum Gasteiger partial charge on any atom is 0.343 e. The molecule has 132 valence electrons. The molecule has 3 rings (SSSR count). The van der Waals surface area contributed by atoms with Crippen molar-refractivity contribution in [3.63, 3.8) is 0 Å². The zero-order valence-electron chi connectivity index (χ0n) is 14.5. The average Bonchev–Trinajstić information content (AvgIpc) is 2.69. The van der Waals surface area contributed by atoms with Crippen LogP contribution in [-0.2, 0) is 6.42 Å². The van der Waals surface area contributed by atoms with E-state index in [1.165, 1.54) is 21.9 Å². The van der Waals surface area contributed by atoms with Crippen LogP contribution in [0.5, 0.6) is 5.75 Å². The first kappa shape index (κ1) is 18.6. The second kappa shape index (κ2) is 8.97. The number of benzene rings is 3. The van der Waals surface area contributed by atoms with Crippen molar-refractivity contribution in [2.24, 2.45) is 0 Å². The Kier molecular flexibility index (Phi) is 6.42. The lowest BCUT2D eigenvalue weighted by molar-refractivity contribution is 0.0734. The third-order valence-corrected chi connectivity index (χ3v) is 5.72. The summed E-state index contributed by atoms with van der Waals surface area (Å²) < 4.78 is 5.44. The van der Waals surface area contributed by atoms with E-state index in [0.29, 0.717) is 11.3 Å². The molecule has 0 aliphatic carbocycles. The highest BCUT2D eigenvalue weighted by molar-refractivity contribution is 8.68. The van der Waals surface area contributed by atoms with Crippen molar-refractivity contribution in [3.8, 4) is 5.75 Å². The number of carbonyl (C=O) groups is 1. The Balaban J connectivity index is 1.69. The van der Waals surface area contributed by atoms with Crippen LogP contribution < -0.4 is 4.74 Å². The molecule has 0 spiro atoms. The zero-order valence-corrected chi connectivity index (χ0v) is 16.2. The molecule has 1 unspecified atom stereocenters. The van der Waals surface area contributed by atoms with Crippen LogP contribution in [0, 0.1) is 6.92 Å². The van der Waals surface area contributed by atoms with E-state index in [4.69, 9.17) is 4.74 Å². The molecule has 0 saturated heterocycles. The number of carbonyl (C=O) groups excluding carboxylic acids is 1. The van der Waals surface area contributed by atoms with E-state index >= 15 is 0 Å². The smallest absolute Gasteiger partial charge is 0.343 e. The second-order valence-electron chi connectivity index (χ2n) is 6.05. The Morgan fingerprint density at radius 3 is 2.27 bits per heavy atom. The van der Waals surface area contributed by atoms with Crippen molar-refractivity contribution in [2.45, 2.75) is 18.6 Å². The fourth-order valence-electron chi connectivity index (χ4n) is 2.75. The summed E-state index contributed by atoms with van der Waals surface area (Å²) in [6.45, 7) is 2.13. The Morgan fingerprint density at radius 2 is 1.62 bits per heavy atom. The molecular weight excluding hydrogens is 360 g/mol. The molecule has 0 heterocycles. The SMILES string of the molecule is Cc1ccccc1CC(SS)c1ccc(OC(=O)c2ccccc2)cc1. The summed E-state index contributed by atoms with van der Waals surface area (Å²) in [4.78, 5) is 12.1. The molecule has 0 aliphatic rings. The predicted molar refractivity (Wildman–Crippen MR) is 112 cm³/mol. The standard InChI is InChI=1S/C22H20O2S2/c1-16-7-5-6-10-19(16)15-21(26-25)17-11-13-20(14-12-17)24-22(23)18-8-3-2-4-9-18/h2-14,21,25H,15H2,1H3. The highest BCUT2D eigenvalue weighted by Crippen LogP contribution is 2.36. The molecule has 0 fully saturated rings. The highest BCUT2D eigenvalue weighted by atomic mass is 33.1. The Labute approximate surface area is 163 Å². The first-order chi connectivity index (χ1) is 12.7. The predicted octanol–water partition coefficient (Wildman–Crippen LogP) is 6.08. The minimum absolute atomic E-state index is 0.235. The van der Waals surface area contributed by atoms with Gasteiger partial charge < -0.3 is 4.74 Å². The van der Waals surface area contributed by atoms with Gasteiger partial charge in [-0.25, -0.2) is 4.79 Å².